The minimum Gasteiger partial charge on any atom is -0.493 e. The van der Waals surface area contributed by atoms with Crippen LogP contribution in [-0.2, 0) is 11.2 Å². The molecule has 1 aromatic rings. The van der Waals surface area contributed by atoms with Crippen LogP contribution in [0.4, 0.5) is 0 Å². The molecule has 1 aromatic carbocycles. The second-order valence-electron chi connectivity index (χ2n) is 4.74. The smallest absolute Gasteiger partial charge is 0.303 e. The van der Waals surface area contributed by atoms with Crippen molar-refractivity contribution in [3.8, 4) is 11.5 Å². The highest BCUT2D eigenvalue weighted by Crippen LogP contribution is 2.36. The molecule has 0 atom stereocenters. The lowest BCUT2D eigenvalue weighted by Crippen LogP contribution is -2.03. The molecule has 5 heteroatoms. The van der Waals surface area contributed by atoms with E-state index in [9.17, 15) is 4.79 Å². The number of benzene rings is 1. The molecule has 0 aromatic heterocycles. The van der Waals surface area contributed by atoms with Gasteiger partial charge in [-0.15, -0.1) is 0 Å². The molecule has 2 rings (SSSR count). The van der Waals surface area contributed by atoms with Crippen molar-refractivity contribution in [2.45, 2.75) is 25.7 Å². The van der Waals surface area contributed by atoms with E-state index in [1.807, 2.05) is 12.1 Å². The molecule has 0 saturated heterocycles. The first-order valence-electron chi connectivity index (χ1n) is 6.31. The van der Waals surface area contributed by atoms with Gasteiger partial charge in [-0.3, -0.25) is 4.79 Å². The summed E-state index contributed by atoms with van der Waals surface area (Å²) >= 11 is 3.45. The van der Waals surface area contributed by atoms with Crippen LogP contribution >= 0.6 is 15.9 Å². The fourth-order valence-corrected chi connectivity index (χ4v) is 2.30. The molecule has 4 nitrogen and oxygen atoms in total. The lowest BCUT2D eigenvalue weighted by atomic mass is 10.1. The Hall–Kier alpha value is -1.23. The predicted molar refractivity (Wildman–Crippen MR) is 74.9 cm³/mol. The van der Waals surface area contributed by atoms with Crippen LogP contribution in [0.15, 0.2) is 16.6 Å². The van der Waals surface area contributed by atoms with E-state index in [1.165, 1.54) is 12.8 Å². The molecule has 19 heavy (non-hydrogen) atoms. The highest BCUT2D eigenvalue weighted by molar-refractivity contribution is 9.10. The second kappa shape index (κ2) is 6.28. The molecule has 1 aliphatic rings. The van der Waals surface area contributed by atoms with Gasteiger partial charge in [-0.25, -0.2) is 0 Å². The average Bonchev–Trinajstić information content (AvgIpc) is 3.18. The summed E-state index contributed by atoms with van der Waals surface area (Å²) in [6.07, 6.45) is 3.04. The van der Waals surface area contributed by atoms with Crippen molar-refractivity contribution < 1.29 is 19.4 Å². The SMILES string of the molecule is COc1cc(CCC(=O)O)c(Br)cc1OCC1CC1. The van der Waals surface area contributed by atoms with Crippen LogP contribution in [-0.4, -0.2) is 24.8 Å². The minimum atomic E-state index is -0.806. The minimum absolute atomic E-state index is 0.101. The zero-order valence-electron chi connectivity index (χ0n) is 10.8. The fourth-order valence-electron chi connectivity index (χ4n) is 1.77. The number of aliphatic carboxylic acids is 1. The van der Waals surface area contributed by atoms with Gasteiger partial charge in [-0.05, 0) is 42.9 Å². The Morgan fingerprint density at radius 3 is 2.74 bits per heavy atom. The molecule has 104 valence electrons. The van der Waals surface area contributed by atoms with Gasteiger partial charge in [0.2, 0.25) is 0 Å². The second-order valence-corrected chi connectivity index (χ2v) is 5.60. The number of aryl methyl sites for hydroxylation is 1. The summed E-state index contributed by atoms with van der Waals surface area (Å²) in [6.45, 7) is 0.720. The number of ether oxygens (including phenoxy) is 2. The predicted octanol–water partition coefficient (Wildman–Crippen LogP) is 3.26. The van der Waals surface area contributed by atoms with Gasteiger partial charge >= 0.3 is 5.97 Å². The highest BCUT2D eigenvalue weighted by atomic mass is 79.9. The van der Waals surface area contributed by atoms with Crippen LogP contribution in [0.5, 0.6) is 11.5 Å². The van der Waals surface area contributed by atoms with E-state index in [-0.39, 0.29) is 6.42 Å². The van der Waals surface area contributed by atoms with Crippen LogP contribution in [0.2, 0.25) is 0 Å². The van der Waals surface area contributed by atoms with Crippen molar-refractivity contribution in [1.82, 2.24) is 0 Å². The summed E-state index contributed by atoms with van der Waals surface area (Å²) in [5.41, 5.74) is 0.915. The summed E-state index contributed by atoms with van der Waals surface area (Å²) in [4.78, 5) is 10.6. The third-order valence-corrected chi connectivity index (χ3v) is 3.85. The molecule has 0 aliphatic heterocycles. The van der Waals surface area contributed by atoms with E-state index in [0.717, 1.165) is 16.6 Å². The zero-order chi connectivity index (χ0) is 13.8. The Kier molecular flexibility index (Phi) is 4.69. The molecule has 1 fully saturated rings. The summed E-state index contributed by atoms with van der Waals surface area (Å²) in [6, 6.07) is 3.70. The van der Waals surface area contributed by atoms with Gasteiger partial charge in [0.15, 0.2) is 11.5 Å². The van der Waals surface area contributed by atoms with Gasteiger partial charge in [-0.2, -0.15) is 0 Å². The van der Waals surface area contributed by atoms with Crippen molar-refractivity contribution in [1.29, 1.82) is 0 Å². The summed E-state index contributed by atoms with van der Waals surface area (Å²) in [5, 5.41) is 8.73. The van der Waals surface area contributed by atoms with Gasteiger partial charge in [0.25, 0.3) is 0 Å². The molecule has 0 bridgehead atoms. The molecule has 0 spiro atoms. The number of carbonyl (C=O) groups is 1. The summed E-state index contributed by atoms with van der Waals surface area (Å²) < 4.78 is 11.9. The Morgan fingerprint density at radius 1 is 1.42 bits per heavy atom. The van der Waals surface area contributed by atoms with Gasteiger partial charge in [0, 0.05) is 10.9 Å². The Morgan fingerprint density at radius 2 is 2.16 bits per heavy atom. The third kappa shape index (κ3) is 4.13. The maximum absolute atomic E-state index is 10.6. The maximum Gasteiger partial charge on any atom is 0.303 e. The number of rotatable bonds is 7. The van der Waals surface area contributed by atoms with Crippen molar-refractivity contribution in [3.05, 3.63) is 22.2 Å². The molecular weight excluding hydrogens is 312 g/mol. The topological polar surface area (TPSA) is 55.8 Å². The lowest BCUT2D eigenvalue weighted by Gasteiger charge is -2.13. The van der Waals surface area contributed by atoms with Crippen molar-refractivity contribution in [3.63, 3.8) is 0 Å². The Labute approximate surface area is 120 Å². The summed E-state index contributed by atoms with van der Waals surface area (Å²) in [7, 11) is 1.59. The van der Waals surface area contributed by atoms with Crippen LogP contribution in [0, 0.1) is 5.92 Å². The number of halogens is 1. The average molecular weight is 329 g/mol. The van der Waals surface area contributed by atoms with E-state index in [4.69, 9.17) is 14.6 Å². The first kappa shape index (κ1) is 14.2. The van der Waals surface area contributed by atoms with Gasteiger partial charge in [-0.1, -0.05) is 15.9 Å². The molecule has 0 heterocycles. The highest BCUT2D eigenvalue weighted by Gasteiger charge is 2.23. The monoisotopic (exact) mass is 328 g/mol. The largest absolute Gasteiger partial charge is 0.493 e. The number of hydrogen-bond acceptors (Lipinski definition) is 3. The molecular formula is C14H17BrO4. The summed E-state index contributed by atoms with van der Waals surface area (Å²) in [5.74, 6) is 1.24. The standard InChI is InChI=1S/C14H17BrO4/c1-18-12-6-10(4-5-14(16)17)11(15)7-13(12)19-8-9-2-3-9/h6-7,9H,2-5,8H2,1H3,(H,16,17). The molecule has 0 unspecified atom stereocenters. The van der Waals surface area contributed by atoms with E-state index >= 15 is 0 Å². The van der Waals surface area contributed by atoms with Crippen molar-refractivity contribution in [2.75, 3.05) is 13.7 Å². The molecule has 1 N–H and O–H groups in total. The fraction of sp³-hybridized carbons (Fsp3) is 0.500. The first-order valence-corrected chi connectivity index (χ1v) is 7.10. The normalized spacial score (nSPS) is 14.2. The van der Waals surface area contributed by atoms with Gasteiger partial charge in [0.1, 0.15) is 0 Å². The Bertz CT molecular complexity index is 469. The van der Waals surface area contributed by atoms with E-state index in [1.54, 1.807) is 7.11 Å². The number of carboxylic acid groups (broad SMARTS) is 1. The number of hydrogen-bond donors (Lipinski definition) is 1. The first-order chi connectivity index (χ1) is 9.10. The molecule has 1 saturated carbocycles. The van der Waals surface area contributed by atoms with Crippen LogP contribution < -0.4 is 9.47 Å². The van der Waals surface area contributed by atoms with E-state index in [2.05, 4.69) is 15.9 Å². The molecule has 1 aliphatic carbocycles. The maximum atomic E-state index is 10.6. The quantitative estimate of drug-likeness (QED) is 0.834. The number of methoxy groups -OCH3 is 1. The van der Waals surface area contributed by atoms with Crippen molar-refractivity contribution in [2.24, 2.45) is 5.92 Å². The van der Waals surface area contributed by atoms with Gasteiger partial charge in [0.05, 0.1) is 13.7 Å². The Balaban J connectivity index is 2.10. The van der Waals surface area contributed by atoms with Crippen LogP contribution in [0.3, 0.4) is 0 Å². The van der Waals surface area contributed by atoms with E-state index in [0.29, 0.717) is 23.8 Å². The van der Waals surface area contributed by atoms with Gasteiger partial charge < -0.3 is 14.6 Å². The third-order valence-electron chi connectivity index (χ3n) is 3.11. The van der Waals surface area contributed by atoms with Crippen LogP contribution in [0.25, 0.3) is 0 Å². The number of carboxylic acids is 1. The van der Waals surface area contributed by atoms with Crippen molar-refractivity contribution >= 4 is 21.9 Å². The van der Waals surface area contributed by atoms with E-state index < -0.39 is 5.97 Å². The van der Waals surface area contributed by atoms with Crippen LogP contribution in [0.1, 0.15) is 24.8 Å². The zero-order valence-corrected chi connectivity index (χ0v) is 12.4. The molecule has 0 radical (unpaired) electrons. The lowest BCUT2D eigenvalue weighted by molar-refractivity contribution is -0.136. The molecule has 0 amide bonds.